The number of aryl methyl sites for hydroxylation is 1. The number of alkyl halides is 3. The first-order chi connectivity index (χ1) is 21.4. The number of rotatable bonds is 8. The molecule has 3 aromatic carbocycles. The predicted octanol–water partition coefficient (Wildman–Crippen LogP) is 7.53. The van der Waals surface area contributed by atoms with Gasteiger partial charge in [0, 0.05) is 5.69 Å². The van der Waals surface area contributed by atoms with Crippen LogP contribution in [-0.2, 0) is 11.3 Å². The second kappa shape index (κ2) is 13.2. The van der Waals surface area contributed by atoms with Crippen molar-refractivity contribution in [3.05, 3.63) is 89.0 Å². The molecule has 1 aliphatic rings. The summed E-state index contributed by atoms with van der Waals surface area (Å²) in [5, 5.41) is 10.7. The van der Waals surface area contributed by atoms with Gasteiger partial charge in [0.25, 0.3) is 0 Å². The van der Waals surface area contributed by atoms with E-state index in [1.54, 1.807) is 18.2 Å². The number of amides is 3. The number of nitrogens with zero attached hydrogens (tertiary/aromatic N) is 5. The topological polar surface area (TPSA) is 114 Å². The summed E-state index contributed by atoms with van der Waals surface area (Å²) in [6.07, 6.45) is -3.34. The van der Waals surface area contributed by atoms with E-state index in [4.69, 9.17) is 11.6 Å². The number of hydrogen-bond donors (Lipinski definition) is 2. The van der Waals surface area contributed by atoms with E-state index in [0.29, 0.717) is 33.1 Å². The molecular weight excluding hydrogens is 631 g/mol. The Morgan fingerprint density at radius 2 is 1.89 bits per heavy atom. The quantitative estimate of drug-likeness (QED) is 0.201. The Bertz CT molecular complexity index is 1760. The van der Waals surface area contributed by atoms with Gasteiger partial charge in [0.2, 0.25) is 5.91 Å². The van der Waals surface area contributed by atoms with Crippen LogP contribution in [-0.4, -0.2) is 44.0 Å². The summed E-state index contributed by atoms with van der Waals surface area (Å²) in [5.74, 6) is 0.256. The smallest absolute Gasteiger partial charge is 0.406 e. The lowest BCUT2D eigenvalue weighted by atomic mass is 9.99. The molecule has 1 fully saturated rings. The Labute approximate surface area is 265 Å². The SMILES string of the molecule is Cc1ccc(C(C)C)c(N2C(=O)CSC2=NC(=O)Nc2ccc(NCc3ncn(-c4ccc(OC(F)(F)F)cc4)n3)c(Cl)c2)c1. The molecule has 234 valence electrons. The summed E-state index contributed by atoms with van der Waals surface area (Å²) in [6.45, 7) is 6.22. The van der Waals surface area contributed by atoms with Crippen molar-refractivity contribution in [1.29, 1.82) is 0 Å². The van der Waals surface area contributed by atoms with Crippen LogP contribution in [0.4, 0.5) is 35.0 Å². The fourth-order valence-electron chi connectivity index (χ4n) is 4.47. The lowest BCUT2D eigenvalue weighted by molar-refractivity contribution is -0.274. The number of benzene rings is 3. The van der Waals surface area contributed by atoms with Crippen LogP contribution in [0.1, 0.15) is 36.7 Å². The number of halogens is 4. The number of carbonyl (C=O) groups is 2. The molecule has 0 spiro atoms. The maximum Gasteiger partial charge on any atom is 0.573 e. The Morgan fingerprint density at radius 1 is 1.13 bits per heavy atom. The third-order valence-corrected chi connectivity index (χ3v) is 7.78. The summed E-state index contributed by atoms with van der Waals surface area (Å²) < 4.78 is 42.5. The molecule has 1 saturated heterocycles. The van der Waals surface area contributed by atoms with Crippen LogP contribution >= 0.6 is 23.4 Å². The van der Waals surface area contributed by atoms with E-state index >= 15 is 0 Å². The predicted molar refractivity (Wildman–Crippen MR) is 168 cm³/mol. The number of carbonyl (C=O) groups excluding carboxylic acids is 2. The molecule has 0 radical (unpaired) electrons. The van der Waals surface area contributed by atoms with E-state index in [2.05, 4.69) is 30.4 Å². The number of aromatic nitrogens is 3. The zero-order chi connectivity index (χ0) is 32.3. The highest BCUT2D eigenvalue weighted by Gasteiger charge is 2.33. The largest absolute Gasteiger partial charge is 0.573 e. The number of anilines is 3. The molecule has 1 aromatic heterocycles. The average molecular weight is 658 g/mol. The molecule has 0 saturated carbocycles. The minimum absolute atomic E-state index is 0.148. The van der Waals surface area contributed by atoms with Crippen LogP contribution in [0.25, 0.3) is 5.69 Å². The van der Waals surface area contributed by atoms with Gasteiger partial charge < -0.3 is 15.4 Å². The monoisotopic (exact) mass is 657 g/mol. The Balaban J connectivity index is 1.21. The van der Waals surface area contributed by atoms with E-state index in [0.717, 1.165) is 16.8 Å². The van der Waals surface area contributed by atoms with Gasteiger partial charge in [-0.25, -0.2) is 14.5 Å². The van der Waals surface area contributed by atoms with Gasteiger partial charge in [-0.3, -0.25) is 9.69 Å². The summed E-state index contributed by atoms with van der Waals surface area (Å²) in [7, 11) is 0. The third kappa shape index (κ3) is 7.94. The maximum atomic E-state index is 12.9. The first kappa shape index (κ1) is 31.9. The number of hydrogen-bond acceptors (Lipinski definition) is 7. The molecule has 2 N–H and O–H groups in total. The van der Waals surface area contributed by atoms with Gasteiger partial charge >= 0.3 is 12.4 Å². The third-order valence-electron chi connectivity index (χ3n) is 6.54. The molecule has 1 aliphatic heterocycles. The normalized spacial score (nSPS) is 14.4. The zero-order valence-electron chi connectivity index (χ0n) is 24.2. The number of urea groups is 1. The van der Waals surface area contributed by atoms with Gasteiger partial charge in [-0.15, -0.1) is 18.3 Å². The Hall–Kier alpha value is -4.56. The van der Waals surface area contributed by atoms with E-state index < -0.39 is 12.4 Å². The van der Waals surface area contributed by atoms with E-state index in [1.165, 1.54) is 51.9 Å². The highest BCUT2D eigenvalue weighted by molar-refractivity contribution is 8.15. The second-order valence-electron chi connectivity index (χ2n) is 10.3. The van der Waals surface area contributed by atoms with E-state index in [-0.39, 0.29) is 29.9 Å². The van der Waals surface area contributed by atoms with Crippen molar-refractivity contribution in [3.8, 4) is 11.4 Å². The molecule has 3 amide bonds. The number of thioether (sulfide) groups is 1. The van der Waals surface area contributed by atoms with Crippen molar-refractivity contribution in [2.24, 2.45) is 4.99 Å². The van der Waals surface area contributed by atoms with Crippen LogP contribution in [0.5, 0.6) is 5.75 Å². The van der Waals surface area contributed by atoms with Crippen LogP contribution in [0, 0.1) is 6.92 Å². The standard InChI is InChI=1S/C30H27ClF3N7O3S/c1-17(2)22-10-4-18(3)12-25(22)41-27(42)15-45-29(41)38-28(43)37-19-5-11-24(23(31)13-19)35-14-26-36-16-40(39-26)20-6-8-21(9-7-20)44-30(32,33)34/h4-13,16-17,35H,14-15H2,1-3H3,(H,37,43). The van der Waals surface area contributed by atoms with Crippen molar-refractivity contribution in [1.82, 2.24) is 14.8 Å². The molecule has 15 heteroatoms. The summed E-state index contributed by atoms with van der Waals surface area (Å²) in [5.41, 5.74) is 4.14. The number of ether oxygens (including phenoxy) is 1. The number of nitrogens with one attached hydrogen (secondary N) is 2. The van der Waals surface area contributed by atoms with Gasteiger partial charge in [0.15, 0.2) is 11.0 Å². The molecule has 2 heterocycles. The minimum Gasteiger partial charge on any atom is -0.406 e. The summed E-state index contributed by atoms with van der Waals surface area (Å²) >= 11 is 7.65. The molecule has 4 aromatic rings. The van der Waals surface area contributed by atoms with E-state index in [9.17, 15) is 22.8 Å². The minimum atomic E-state index is -4.77. The highest BCUT2D eigenvalue weighted by atomic mass is 35.5. The lowest BCUT2D eigenvalue weighted by Crippen LogP contribution is -2.31. The number of aliphatic imine (C=N–C) groups is 1. The fourth-order valence-corrected chi connectivity index (χ4v) is 5.58. The van der Waals surface area contributed by atoms with Crippen LogP contribution in [0.15, 0.2) is 72.0 Å². The first-order valence-electron chi connectivity index (χ1n) is 13.6. The summed E-state index contributed by atoms with van der Waals surface area (Å²) in [6, 6.07) is 15.3. The highest BCUT2D eigenvalue weighted by Crippen LogP contribution is 2.34. The summed E-state index contributed by atoms with van der Waals surface area (Å²) in [4.78, 5) is 35.6. The van der Waals surface area contributed by atoms with E-state index in [1.807, 2.05) is 39.0 Å². The molecule has 0 atom stereocenters. The van der Waals surface area contributed by atoms with Gasteiger partial charge in [0.1, 0.15) is 12.1 Å². The first-order valence-corrected chi connectivity index (χ1v) is 15.0. The van der Waals surface area contributed by atoms with Gasteiger partial charge in [-0.2, -0.15) is 4.99 Å². The molecular formula is C30H27ClF3N7O3S. The average Bonchev–Trinajstić information content (AvgIpc) is 3.58. The van der Waals surface area contributed by atoms with Gasteiger partial charge in [-0.05, 0) is 72.5 Å². The molecule has 10 nitrogen and oxygen atoms in total. The molecule has 0 aliphatic carbocycles. The fraction of sp³-hybridized carbons (Fsp3) is 0.233. The van der Waals surface area contributed by atoms with Crippen molar-refractivity contribution >= 4 is 57.5 Å². The number of amidine groups is 1. The molecule has 5 rings (SSSR count). The van der Waals surface area contributed by atoms with Crippen LogP contribution in [0.2, 0.25) is 5.02 Å². The lowest BCUT2D eigenvalue weighted by Gasteiger charge is -2.22. The Morgan fingerprint density at radius 3 is 2.58 bits per heavy atom. The van der Waals surface area contributed by atoms with Crippen LogP contribution < -0.4 is 20.3 Å². The molecule has 0 unspecified atom stereocenters. The zero-order valence-corrected chi connectivity index (χ0v) is 25.8. The maximum absolute atomic E-state index is 12.9. The second-order valence-corrected chi connectivity index (χ2v) is 11.6. The van der Waals surface area contributed by atoms with Gasteiger partial charge in [-0.1, -0.05) is 49.3 Å². The van der Waals surface area contributed by atoms with Crippen molar-refractivity contribution in [2.75, 3.05) is 21.3 Å². The van der Waals surface area contributed by atoms with Crippen molar-refractivity contribution in [3.63, 3.8) is 0 Å². The Kier molecular flexibility index (Phi) is 9.34. The molecule has 0 bridgehead atoms. The molecule has 45 heavy (non-hydrogen) atoms. The van der Waals surface area contributed by atoms with Gasteiger partial charge in [0.05, 0.1) is 34.4 Å². The van der Waals surface area contributed by atoms with Crippen molar-refractivity contribution < 1.29 is 27.5 Å². The van der Waals surface area contributed by atoms with Crippen molar-refractivity contribution in [2.45, 2.75) is 39.6 Å². The van der Waals surface area contributed by atoms with Crippen LogP contribution in [0.3, 0.4) is 0 Å².